The van der Waals surface area contributed by atoms with E-state index in [1.165, 1.54) is 12.8 Å². The maximum atomic E-state index is 4.35. The van der Waals surface area contributed by atoms with Crippen molar-refractivity contribution >= 4 is 0 Å². The Morgan fingerprint density at radius 1 is 1.50 bits per heavy atom. The lowest BCUT2D eigenvalue weighted by molar-refractivity contribution is 0.516. The van der Waals surface area contributed by atoms with E-state index in [0.717, 1.165) is 18.3 Å². The second kappa shape index (κ2) is 4.53. The molecule has 1 aromatic heterocycles. The Morgan fingerprint density at radius 3 is 2.93 bits per heavy atom. The first-order valence-corrected chi connectivity index (χ1v) is 5.21. The van der Waals surface area contributed by atoms with Crippen molar-refractivity contribution in [1.82, 2.24) is 15.6 Å². The van der Waals surface area contributed by atoms with Crippen LogP contribution in [0.5, 0.6) is 0 Å². The van der Waals surface area contributed by atoms with Crippen molar-refractivity contribution in [2.75, 3.05) is 13.6 Å². The molecule has 0 spiro atoms. The number of nitrogens with zero attached hydrogens (tertiary/aromatic N) is 1. The third kappa shape index (κ3) is 2.53. The quantitative estimate of drug-likeness (QED) is 0.731. The summed E-state index contributed by atoms with van der Waals surface area (Å²) < 4.78 is 0. The lowest BCUT2D eigenvalue weighted by Gasteiger charge is -2.15. The van der Waals surface area contributed by atoms with E-state index in [1.54, 1.807) is 0 Å². The van der Waals surface area contributed by atoms with Crippen LogP contribution in [0.15, 0.2) is 24.4 Å². The van der Waals surface area contributed by atoms with Crippen LogP contribution in [0.4, 0.5) is 0 Å². The number of rotatable bonds is 5. The number of hydrogen-bond donors (Lipinski definition) is 2. The van der Waals surface area contributed by atoms with Crippen LogP contribution in [-0.4, -0.2) is 24.6 Å². The van der Waals surface area contributed by atoms with Gasteiger partial charge in [0, 0.05) is 18.8 Å². The van der Waals surface area contributed by atoms with Gasteiger partial charge in [-0.1, -0.05) is 6.07 Å². The Bertz CT molecular complexity index is 269. The number of aromatic nitrogens is 1. The molecule has 76 valence electrons. The zero-order chi connectivity index (χ0) is 9.80. The second-order valence-electron chi connectivity index (χ2n) is 3.78. The Balaban J connectivity index is 1.90. The largest absolute Gasteiger partial charge is 0.312 e. The van der Waals surface area contributed by atoms with E-state index in [1.807, 2.05) is 25.4 Å². The van der Waals surface area contributed by atoms with Gasteiger partial charge in [-0.2, -0.15) is 0 Å². The number of nitrogens with one attached hydrogen (secondary N) is 2. The van der Waals surface area contributed by atoms with Gasteiger partial charge >= 0.3 is 0 Å². The highest BCUT2D eigenvalue weighted by atomic mass is 15.0. The van der Waals surface area contributed by atoms with Crippen LogP contribution in [0.2, 0.25) is 0 Å². The molecule has 14 heavy (non-hydrogen) atoms. The summed E-state index contributed by atoms with van der Waals surface area (Å²) >= 11 is 0. The van der Waals surface area contributed by atoms with Gasteiger partial charge in [-0.05, 0) is 32.0 Å². The molecule has 0 amide bonds. The van der Waals surface area contributed by atoms with Crippen molar-refractivity contribution in [1.29, 1.82) is 0 Å². The van der Waals surface area contributed by atoms with E-state index in [-0.39, 0.29) is 0 Å². The molecule has 2 N–H and O–H groups in total. The molecule has 1 heterocycles. The lowest BCUT2D eigenvalue weighted by Crippen LogP contribution is -2.31. The van der Waals surface area contributed by atoms with Gasteiger partial charge < -0.3 is 10.6 Å². The van der Waals surface area contributed by atoms with Crippen LogP contribution in [-0.2, 0) is 0 Å². The average Bonchev–Trinajstić information content (AvgIpc) is 3.04. The third-order valence-corrected chi connectivity index (χ3v) is 2.58. The molecule has 0 radical (unpaired) electrons. The van der Waals surface area contributed by atoms with Crippen LogP contribution in [0.1, 0.15) is 24.6 Å². The van der Waals surface area contributed by atoms with E-state index in [0.29, 0.717) is 6.04 Å². The summed E-state index contributed by atoms with van der Waals surface area (Å²) in [6.45, 7) is 0.970. The average molecular weight is 191 g/mol. The molecule has 1 aliphatic rings. The van der Waals surface area contributed by atoms with E-state index in [9.17, 15) is 0 Å². The van der Waals surface area contributed by atoms with Gasteiger partial charge in [0.05, 0.1) is 11.7 Å². The van der Waals surface area contributed by atoms with Gasteiger partial charge in [-0.25, -0.2) is 0 Å². The SMILES string of the molecule is CNC(CNC1CC1)c1ccccn1. The molecule has 1 fully saturated rings. The van der Waals surface area contributed by atoms with Gasteiger partial charge in [0.25, 0.3) is 0 Å². The molecular weight excluding hydrogens is 174 g/mol. The molecule has 3 nitrogen and oxygen atoms in total. The highest BCUT2D eigenvalue weighted by molar-refractivity contribution is 5.09. The van der Waals surface area contributed by atoms with Crippen LogP contribution >= 0.6 is 0 Å². The van der Waals surface area contributed by atoms with Crippen molar-refractivity contribution < 1.29 is 0 Å². The zero-order valence-corrected chi connectivity index (χ0v) is 8.53. The number of pyridine rings is 1. The monoisotopic (exact) mass is 191 g/mol. The maximum absolute atomic E-state index is 4.35. The summed E-state index contributed by atoms with van der Waals surface area (Å²) in [6, 6.07) is 7.13. The summed E-state index contributed by atoms with van der Waals surface area (Å²) in [6.07, 6.45) is 4.51. The standard InChI is InChI=1S/C11H17N3/c1-12-11(8-14-9-5-6-9)10-4-2-3-7-13-10/h2-4,7,9,11-12,14H,5-6,8H2,1H3. The molecule has 1 atom stereocenters. The summed E-state index contributed by atoms with van der Waals surface area (Å²) in [5.74, 6) is 0. The predicted molar refractivity (Wildman–Crippen MR) is 57.1 cm³/mol. The zero-order valence-electron chi connectivity index (χ0n) is 8.53. The topological polar surface area (TPSA) is 37.0 Å². The van der Waals surface area contributed by atoms with E-state index in [2.05, 4.69) is 21.7 Å². The van der Waals surface area contributed by atoms with Crippen molar-refractivity contribution in [2.24, 2.45) is 0 Å². The second-order valence-corrected chi connectivity index (χ2v) is 3.78. The predicted octanol–water partition coefficient (Wildman–Crippen LogP) is 1.09. The smallest absolute Gasteiger partial charge is 0.0619 e. The van der Waals surface area contributed by atoms with E-state index < -0.39 is 0 Å². The van der Waals surface area contributed by atoms with E-state index >= 15 is 0 Å². The Kier molecular flexibility index (Phi) is 3.11. The summed E-state index contributed by atoms with van der Waals surface area (Å²) in [5, 5.41) is 6.78. The fourth-order valence-corrected chi connectivity index (χ4v) is 1.51. The molecule has 1 aromatic rings. The Morgan fingerprint density at radius 2 is 2.36 bits per heavy atom. The molecule has 2 rings (SSSR count). The number of likely N-dealkylation sites (N-methyl/N-ethyl adjacent to an activating group) is 1. The van der Waals surface area contributed by atoms with Crippen molar-refractivity contribution in [3.8, 4) is 0 Å². The fraction of sp³-hybridized carbons (Fsp3) is 0.545. The minimum atomic E-state index is 0.330. The molecular formula is C11H17N3. The lowest BCUT2D eigenvalue weighted by atomic mass is 10.2. The van der Waals surface area contributed by atoms with Gasteiger partial charge in [0.1, 0.15) is 0 Å². The molecule has 0 saturated heterocycles. The van der Waals surface area contributed by atoms with Crippen LogP contribution in [0.3, 0.4) is 0 Å². The van der Waals surface area contributed by atoms with Crippen molar-refractivity contribution in [2.45, 2.75) is 24.9 Å². The minimum Gasteiger partial charge on any atom is -0.312 e. The van der Waals surface area contributed by atoms with Crippen LogP contribution in [0, 0.1) is 0 Å². The molecule has 1 saturated carbocycles. The Hall–Kier alpha value is -0.930. The third-order valence-electron chi connectivity index (χ3n) is 2.58. The van der Waals surface area contributed by atoms with Gasteiger partial charge in [0.2, 0.25) is 0 Å². The first-order valence-electron chi connectivity index (χ1n) is 5.21. The maximum Gasteiger partial charge on any atom is 0.0619 e. The van der Waals surface area contributed by atoms with Crippen LogP contribution < -0.4 is 10.6 Å². The summed E-state index contributed by atoms with van der Waals surface area (Å²) in [7, 11) is 1.98. The summed E-state index contributed by atoms with van der Waals surface area (Å²) in [5.41, 5.74) is 1.11. The first-order chi connectivity index (χ1) is 6.90. The van der Waals surface area contributed by atoms with Gasteiger partial charge in [-0.15, -0.1) is 0 Å². The highest BCUT2D eigenvalue weighted by Crippen LogP contribution is 2.19. The normalized spacial score (nSPS) is 18.1. The molecule has 0 bridgehead atoms. The molecule has 0 aliphatic heterocycles. The highest BCUT2D eigenvalue weighted by Gasteiger charge is 2.22. The van der Waals surface area contributed by atoms with Crippen molar-refractivity contribution in [3.63, 3.8) is 0 Å². The molecule has 3 heteroatoms. The number of hydrogen-bond acceptors (Lipinski definition) is 3. The first kappa shape index (κ1) is 9.62. The van der Waals surface area contributed by atoms with Gasteiger partial charge in [-0.3, -0.25) is 4.98 Å². The Labute approximate surface area is 84.9 Å². The molecule has 1 unspecified atom stereocenters. The minimum absolute atomic E-state index is 0.330. The summed E-state index contributed by atoms with van der Waals surface area (Å²) in [4.78, 5) is 4.35. The molecule has 0 aromatic carbocycles. The van der Waals surface area contributed by atoms with Gasteiger partial charge in [0.15, 0.2) is 0 Å². The van der Waals surface area contributed by atoms with Crippen LogP contribution in [0.25, 0.3) is 0 Å². The van der Waals surface area contributed by atoms with Crippen molar-refractivity contribution in [3.05, 3.63) is 30.1 Å². The fourth-order valence-electron chi connectivity index (χ4n) is 1.51. The van der Waals surface area contributed by atoms with E-state index in [4.69, 9.17) is 0 Å². The molecule has 1 aliphatic carbocycles.